The van der Waals surface area contributed by atoms with E-state index in [4.69, 9.17) is 11.5 Å². The minimum atomic E-state index is 0.0882. The first-order valence-electron chi connectivity index (χ1n) is 7.64. The number of hydrogen-bond donors (Lipinski definition) is 4. The van der Waals surface area contributed by atoms with Crippen LogP contribution in [0.5, 0.6) is 0 Å². The molecule has 0 atom stereocenters. The summed E-state index contributed by atoms with van der Waals surface area (Å²) >= 11 is 0. The van der Waals surface area contributed by atoms with Crippen molar-refractivity contribution >= 4 is 28.0 Å². The molecular formula is C17H17N7. The van der Waals surface area contributed by atoms with Crippen LogP contribution in [0, 0.1) is 0 Å². The van der Waals surface area contributed by atoms with Crippen molar-refractivity contribution in [1.82, 2.24) is 19.9 Å². The van der Waals surface area contributed by atoms with Gasteiger partial charge in [0.05, 0.1) is 35.0 Å². The summed E-state index contributed by atoms with van der Waals surface area (Å²) in [6.07, 6.45) is 0.618. The highest BCUT2D eigenvalue weighted by molar-refractivity contribution is 5.77. The van der Waals surface area contributed by atoms with Crippen LogP contribution in [-0.4, -0.2) is 25.9 Å². The zero-order valence-electron chi connectivity index (χ0n) is 13.0. The van der Waals surface area contributed by atoms with E-state index in [0.29, 0.717) is 13.0 Å². The van der Waals surface area contributed by atoms with Crippen molar-refractivity contribution in [3.8, 4) is 0 Å². The van der Waals surface area contributed by atoms with Crippen LogP contribution >= 0.6 is 0 Å². The van der Waals surface area contributed by atoms with Gasteiger partial charge in [0.2, 0.25) is 0 Å². The van der Waals surface area contributed by atoms with E-state index in [1.165, 1.54) is 0 Å². The molecule has 0 aliphatic heterocycles. The Bertz CT molecular complexity index is 1000. The van der Waals surface area contributed by atoms with Crippen LogP contribution in [0.2, 0.25) is 0 Å². The van der Waals surface area contributed by atoms with Crippen LogP contribution in [0.15, 0.2) is 47.5 Å². The van der Waals surface area contributed by atoms with E-state index in [1.54, 1.807) is 0 Å². The second-order valence-corrected chi connectivity index (χ2v) is 5.65. The van der Waals surface area contributed by atoms with Crippen molar-refractivity contribution in [2.75, 3.05) is 0 Å². The Balaban J connectivity index is 1.61. The minimum absolute atomic E-state index is 0.0882. The van der Waals surface area contributed by atoms with Crippen molar-refractivity contribution in [3.63, 3.8) is 0 Å². The predicted octanol–water partition coefficient (Wildman–Crippen LogP) is 1.80. The fourth-order valence-corrected chi connectivity index (χ4v) is 2.72. The Kier molecular flexibility index (Phi) is 3.38. The number of fused-ring (bicyclic) bond motifs is 2. The number of H-pyrrole nitrogens is 2. The third-order valence-corrected chi connectivity index (χ3v) is 3.81. The van der Waals surface area contributed by atoms with Gasteiger partial charge in [-0.3, -0.25) is 0 Å². The summed E-state index contributed by atoms with van der Waals surface area (Å²) in [4.78, 5) is 19.9. The Morgan fingerprint density at radius 1 is 0.917 bits per heavy atom. The van der Waals surface area contributed by atoms with E-state index in [0.717, 1.165) is 39.3 Å². The Hall–Kier alpha value is -3.35. The van der Waals surface area contributed by atoms with E-state index >= 15 is 0 Å². The number of guanidine groups is 1. The van der Waals surface area contributed by atoms with Gasteiger partial charge in [0, 0.05) is 0 Å². The molecule has 0 saturated carbocycles. The molecule has 4 aromatic rings. The standard InChI is InChI=1S/C17H17N7/c18-17(19)20-9-10-5-6-13-14(7-10)24-16(23-13)8-15-21-11-3-1-2-4-12(11)22-15/h1-7H,8-9H2,(H,21,22)(H,23,24)(H4,18,19,20). The first-order chi connectivity index (χ1) is 11.7. The number of para-hydroxylation sites is 2. The second kappa shape index (κ2) is 5.69. The van der Waals surface area contributed by atoms with Crippen LogP contribution in [0.4, 0.5) is 0 Å². The molecule has 0 saturated heterocycles. The predicted molar refractivity (Wildman–Crippen MR) is 94.5 cm³/mol. The maximum absolute atomic E-state index is 5.37. The first-order valence-corrected chi connectivity index (χ1v) is 7.64. The van der Waals surface area contributed by atoms with Gasteiger partial charge < -0.3 is 21.4 Å². The molecule has 0 unspecified atom stereocenters. The smallest absolute Gasteiger partial charge is 0.186 e. The fourth-order valence-electron chi connectivity index (χ4n) is 2.72. The molecule has 24 heavy (non-hydrogen) atoms. The SMILES string of the molecule is NC(N)=NCc1ccc2nc(Cc3nc4ccccc4[nH]3)[nH]c2c1. The van der Waals surface area contributed by atoms with Crippen molar-refractivity contribution in [1.29, 1.82) is 0 Å². The number of hydrogen-bond acceptors (Lipinski definition) is 3. The highest BCUT2D eigenvalue weighted by Crippen LogP contribution is 2.17. The monoisotopic (exact) mass is 319 g/mol. The van der Waals surface area contributed by atoms with Gasteiger partial charge >= 0.3 is 0 Å². The van der Waals surface area contributed by atoms with Crippen LogP contribution in [0.25, 0.3) is 22.1 Å². The van der Waals surface area contributed by atoms with Gasteiger partial charge in [0.25, 0.3) is 0 Å². The molecule has 2 aromatic heterocycles. The number of nitrogens with one attached hydrogen (secondary N) is 2. The summed E-state index contributed by atoms with van der Waals surface area (Å²) in [5, 5.41) is 0. The third kappa shape index (κ3) is 2.79. The lowest BCUT2D eigenvalue weighted by Crippen LogP contribution is -2.22. The van der Waals surface area contributed by atoms with Gasteiger partial charge in [-0.1, -0.05) is 18.2 Å². The highest BCUT2D eigenvalue weighted by Gasteiger charge is 2.08. The summed E-state index contributed by atoms with van der Waals surface area (Å²) in [5.74, 6) is 1.84. The van der Waals surface area contributed by atoms with Gasteiger partial charge in [-0.2, -0.15) is 0 Å². The van der Waals surface area contributed by atoms with Gasteiger partial charge in [-0.05, 0) is 29.8 Å². The first kappa shape index (κ1) is 14.3. The lowest BCUT2D eigenvalue weighted by molar-refractivity contribution is 0.960. The zero-order valence-corrected chi connectivity index (χ0v) is 13.0. The van der Waals surface area contributed by atoms with Crippen molar-refractivity contribution < 1.29 is 0 Å². The summed E-state index contributed by atoms with van der Waals surface area (Å²) in [5.41, 5.74) is 15.6. The van der Waals surface area contributed by atoms with Crippen molar-refractivity contribution in [2.45, 2.75) is 13.0 Å². The van der Waals surface area contributed by atoms with E-state index in [1.807, 2.05) is 42.5 Å². The molecule has 0 aliphatic carbocycles. The van der Waals surface area contributed by atoms with E-state index in [2.05, 4.69) is 24.9 Å². The molecule has 0 radical (unpaired) electrons. The molecule has 0 fully saturated rings. The van der Waals surface area contributed by atoms with Crippen LogP contribution in [0.1, 0.15) is 17.2 Å². The number of nitrogens with zero attached hydrogens (tertiary/aromatic N) is 3. The molecule has 0 bridgehead atoms. The number of aromatic nitrogens is 4. The van der Waals surface area contributed by atoms with Crippen LogP contribution in [-0.2, 0) is 13.0 Å². The van der Waals surface area contributed by atoms with Gasteiger partial charge in [0.15, 0.2) is 5.96 Å². The zero-order chi connectivity index (χ0) is 16.5. The van der Waals surface area contributed by atoms with Crippen LogP contribution in [0.3, 0.4) is 0 Å². The summed E-state index contributed by atoms with van der Waals surface area (Å²) < 4.78 is 0. The average Bonchev–Trinajstić information content (AvgIpc) is 3.14. The Morgan fingerprint density at radius 2 is 1.62 bits per heavy atom. The van der Waals surface area contributed by atoms with E-state index < -0.39 is 0 Å². The molecule has 2 heterocycles. The number of benzene rings is 2. The van der Waals surface area contributed by atoms with E-state index in [-0.39, 0.29) is 5.96 Å². The highest BCUT2D eigenvalue weighted by atomic mass is 15.0. The lowest BCUT2D eigenvalue weighted by Gasteiger charge is -1.97. The maximum atomic E-state index is 5.37. The van der Waals surface area contributed by atoms with E-state index in [9.17, 15) is 0 Å². The molecule has 0 amide bonds. The van der Waals surface area contributed by atoms with Gasteiger partial charge in [-0.15, -0.1) is 0 Å². The minimum Gasteiger partial charge on any atom is -0.370 e. The number of aliphatic imine (C=N–C) groups is 1. The number of aromatic amines is 2. The molecule has 7 heteroatoms. The molecule has 6 N–H and O–H groups in total. The normalized spacial score (nSPS) is 11.2. The van der Waals surface area contributed by atoms with Crippen molar-refractivity contribution in [2.24, 2.45) is 16.5 Å². The van der Waals surface area contributed by atoms with Gasteiger partial charge in [0.1, 0.15) is 11.6 Å². The lowest BCUT2D eigenvalue weighted by atomic mass is 10.2. The molecular weight excluding hydrogens is 302 g/mol. The quantitative estimate of drug-likeness (QED) is 0.338. The number of nitrogens with two attached hydrogens (primary N) is 2. The number of rotatable bonds is 4. The molecule has 4 rings (SSSR count). The number of imidazole rings is 2. The second-order valence-electron chi connectivity index (χ2n) is 5.65. The molecule has 2 aromatic carbocycles. The molecule has 120 valence electrons. The largest absolute Gasteiger partial charge is 0.370 e. The van der Waals surface area contributed by atoms with Crippen LogP contribution < -0.4 is 11.5 Å². The molecule has 7 nitrogen and oxygen atoms in total. The molecule has 0 spiro atoms. The summed E-state index contributed by atoms with van der Waals surface area (Å²) in [6.45, 7) is 0.455. The third-order valence-electron chi connectivity index (χ3n) is 3.81. The Labute approximate surface area is 137 Å². The van der Waals surface area contributed by atoms with Gasteiger partial charge in [-0.25, -0.2) is 15.0 Å². The Morgan fingerprint density at radius 3 is 2.38 bits per heavy atom. The maximum Gasteiger partial charge on any atom is 0.186 e. The average molecular weight is 319 g/mol. The summed E-state index contributed by atoms with van der Waals surface area (Å²) in [6, 6.07) is 13.9. The molecule has 0 aliphatic rings. The van der Waals surface area contributed by atoms with Crippen molar-refractivity contribution in [3.05, 3.63) is 59.7 Å². The summed E-state index contributed by atoms with van der Waals surface area (Å²) in [7, 11) is 0. The fraction of sp³-hybridized carbons (Fsp3) is 0.118. The topological polar surface area (TPSA) is 122 Å².